The van der Waals surface area contributed by atoms with Gasteiger partial charge in [0, 0.05) is 24.6 Å². The first-order valence-electron chi connectivity index (χ1n) is 6.58. The highest BCUT2D eigenvalue weighted by Crippen LogP contribution is 2.35. The topological polar surface area (TPSA) is 59.6 Å². The molecule has 1 atom stereocenters. The molecule has 2 rings (SSSR count). The molecule has 0 saturated carbocycles. The Bertz CT molecular complexity index is 488. The van der Waals surface area contributed by atoms with E-state index in [-0.39, 0.29) is 11.9 Å². The molecule has 5 nitrogen and oxygen atoms in total. The summed E-state index contributed by atoms with van der Waals surface area (Å²) in [7, 11) is 3.06. The molecule has 0 aliphatic carbocycles. The van der Waals surface area contributed by atoms with Crippen LogP contribution in [0.3, 0.4) is 0 Å². The molecule has 1 heterocycles. The van der Waals surface area contributed by atoms with Crippen molar-refractivity contribution in [2.45, 2.75) is 25.3 Å². The second-order valence-electron chi connectivity index (χ2n) is 4.73. The summed E-state index contributed by atoms with van der Waals surface area (Å²) in [5.41, 5.74) is 0.566. The van der Waals surface area contributed by atoms with E-state index >= 15 is 0 Å². The quantitative estimate of drug-likeness (QED) is 0.876. The minimum Gasteiger partial charge on any atom is -0.495 e. The summed E-state index contributed by atoms with van der Waals surface area (Å²) in [6.07, 6.45) is 2.61. The van der Waals surface area contributed by atoms with Crippen molar-refractivity contribution in [2.24, 2.45) is 0 Å². The summed E-state index contributed by atoms with van der Waals surface area (Å²) >= 11 is 6.03. The van der Waals surface area contributed by atoms with Crippen molar-refractivity contribution >= 4 is 23.2 Å². The van der Waals surface area contributed by atoms with Crippen LogP contribution in [0, 0.1) is 0 Å². The van der Waals surface area contributed by atoms with Gasteiger partial charge in [0.1, 0.15) is 11.5 Å². The first kappa shape index (κ1) is 14.9. The predicted octanol–water partition coefficient (Wildman–Crippen LogP) is 2.44. The van der Waals surface area contributed by atoms with Crippen LogP contribution in [0.5, 0.6) is 11.5 Å². The molecule has 1 saturated heterocycles. The van der Waals surface area contributed by atoms with E-state index in [1.807, 2.05) is 0 Å². The van der Waals surface area contributed by atoms with Crippen LogP contribution in [0.1, 0.15) is 19.3 Å². The van der Waals surface area contributed by atoms with Crippen molar-refractivity contribution in [1.29, 1.82) is 0 Å². The Morgan fingerprint density at radius 2 is 2.15 bits per heavy atom. The molecule has 1 aliphatic heterocycles. The molecule has 110 valence electrons. The molecule has 0 spiro atoms. The van der Waals surface area contributed by atoms with Crippen molar-refractivity contribution in [3.05, 3.63) is 17.2 Å². The van der Waals surface area contributed by atoms with Crippen molar-refractivity contribution in [1.82, 2.24) is 5.32 Å². The Morgan fingerprint density at radius 3 is 2.75 bits per heavy atom. The van der Waals surface area contributed by atoms with Crippen molar-refractivity contribution in [3.8, 4) is 11.5 Å². The summed E-state index contributed by atoms with van der Waals surface area (Å²) in [5.74, 6) is 0.970. The van der Waals surface area contributed by atoms with Gasteiger partial charge in [-0.2, -0.15) is 0 Å². The molecule has 1 unspecified atom stereocenters. The van der Waals surface area contributed by atoms with Crippen LogP contribution in [-0.2, 0) is 4.79 Å². The highest BCUT2D eigenvalue weighted by molar-refractivity contribution is 6.32. The first-order valence-corrected chi connectivity index (χ1v) is 6.96. The van der Waals surface area contributed by atoms with E-state index in [9.17, 15) is 4.79 Å². The van der Waals surface area contributed by atoms with Gasteiger partial charge in [0.15, 0.2) is 0 Å². The lowest BCUT2D eigenvalue weighted by Gasteiger charge is -2.14. The molecule has 20 heavy (non-hydrogen) atoms. The Labute approximate surface area is 123 Å². The molecule has 6 heteroatoms. The summed E-state index contributed by atoms with van der Waals surface area (Å²) < 4.78 is 10.4. The number of ether oxygens (including phenoxy) is 2. The number of rotatable bonds is 5. The lowest BCUT2D eigenvalue weighted by molar-refractivity contribution is -0.116. The van der Waals surface area contributed by atoms with Crippen LogP contribution < -0.4 is 20.1 Å². The monoisotopic (exact) mass is 298 g/mol. The van der Waals surface area contributed by atoms with Gasteiger partial charge in [-0.15, -0.1) is 0 Å². The van der Waals surface area contributed by atoms with Crippen molar-refractivity contribution in [2.75, 3.05) is 26.1 Å². The predicted molar refractivity (Wildman–Crippen MR) is 78.8 cm³/mol. The number of nitrogens with one attached hydrogen (secondary N) is 2. The van der Waals surface area contributed by atoms with Gasteiger partial charge < -0.3 is 20.1 Å². The van der Waals surface area contributed by atoms with Gasteiger partial charge >= 0.3 is 0 Å². The minimum absolute atomic E-state index is 0.0490. The third kappa shape index (κ3) is 3.55. The molecule has 0 bridgehead atoms. The van der Waals surface area contributed by atoms with Crippen LogP contribution >= 0.6 is 11.6 Å². The minimum atomic E-state index is -0.0490. The highest BCUT2D eigenvalue weighted by Gasteiger charge is 2.19. The largest absolute Gasteiger partial charge is 0.495 e. The first-order chi connectivity index (χ1) is 9.63. The number of hydrogen-bond acceptors (Lipinski definition) is 4. The molecule has 0 radical (unpaired) electrons. The van der Waals surface area contributed by atoms with Crippen molar-refractivity contribution < 1.29 is 14.3 Å². The van der Waals surface area contributed by atoms with Crippen LogP contribution in [0.15, 0.2) is 12.1 Å². The van der Waals surface area contributed by atoms with Gasteiger partial charge in [0.25, 0.3) is 0 Å². The summed E-state index contributed by atoms with van der Waals surface area (Å²) in [6, 6.07) is 3.56. The number of halogens is 1. The van der Waals surface area contributed by atoms with E-state index in [1.54, 1.807) is 12.1 Å². The van der Waals surface area contributed by atoms with Crippen LogP contribution in [0.4, 0.5) is 5.69 Å². The van der Waals surface area contributed by atoms with Gasteiger partial charge in [0.05, 0.1) is 24.9 Å². The smallest absolute Gasteiger partial charge is 0.226 e. The highest BCUT2D eigenvalue weighted by atomic mass is 35.5. The van der Waals surface area contributed by atoms with Gasteiger partial charge in [-0.05, 0) is 19.4 Å². The van der Waals surface area contributed by atoms with Gasteiger partial charge in [0.2, 0.25) is 5.91 Å². The standard InChI is InChI=1S/C14H19ClN2O3/c1-19-12-8-11(13(20-2)7-10(12)15)17-14(18)6-9-4-3-5-16-9/h7-9,16H,3-6H2,1-2H3,(H,17,18). The fourth-order valence-corrected chi connectivity index (χ4v) is 2.54. The lowest BCUT2D eigenvalue weighted by atomic mass is 10.1. The van der Waals surface area contributed by atoms with Crippen LogP contribution in [-0.4, -0.2) is 32.7 Å². The second-order valence-corrected chi connectivity index (χ2v) is 5.14. The number of amides is 1. The maximum atomic E-state index is 12.0. The van der Waals surface area contributed by atoms with Crippen LogP contribution in [0.25, 0.3) is 0 Å². The van der Waals surface area contributed by atoms with Gasteiger partial charge in [-0.3, -0.25) is 4.79 Å². The summed E-state index contributed by atoms with van der Waals surface area (Å²) in [4.78, 5) is 12.0. The summed E-state index contributed by atoms with van der Waals surface area (Å²) in [5, 5.41) is 6.59. The fraction of sp³-hybridized carbons (Fsp3) is 0.500. The second kappa shape index (κ2) is 6.81. The van der Waals surface area contributed by atoms with Gasteiger partial charge in [-0.25, -0.2) is 0 Å². The van der Waals surface area contributed by atoms with E-state index in [4.69, 9.17) is 21.1 Å². The zero-order valence-electron chi connectivity index (χ0n) is 11.7. The molecule has 1 fully saturated rings. The number of methoxy groups -OCH3 is 2. The molecule has 2 N–H and O–H groups in total. The van der Waals surface area contributed by atoms with E-state index in [1.165, 1.54) is 14.2 Å². The maximum Gasteiger partial charge on any atom is 0.226 e. The molecule has 0 aromatic heterocycles. The molecule has 1 aliphatic rings. The number of hydrogen-bond donors (Lipinski definition) is 2. The Balaban J connectivity index is 2.08. The van der Waals surface area contributed by atoms with Gasteiger partial charge in [-0.1, -0.05) is 11.6 Å². The normalized spacial score (nSPS) is 17.9. The average Bonchev–Trinajstić information content (AvgIpc) is 2.92. The van der Waals surface area contributed by atoms with Crippen LogP contribution in [0.2, 0.25) is 5.02 Å². The zero-order chi connectivity index (χ0) is 14.5. The number of carbonyl (C=O) groups excluding carboxylic acids is 1. The lowest BCUT2D eigenvalue weighted by Crippen LogP contribution is -2.27. The summed E-state index contributed by atoms with van der Waals surface area (Å²) in [6.45, 7) is 0.982. The number of benzene rings is 1. The Kier molecular flexibility index (Phi) is 5.09. The number of carbonyl (C=O) groups is 1. The third-order valence-electron chi connectivity index (χ3n) is 3.34. The average molecular weight is 299 g/mol. The van der Waals surface area contributed by atoms with E-state index in [0.29, 0.717) is 28.6 Å². The van der Waals surface area contributed by atoms with E-state index in [2.05, 4.69) is 10.6 Å². The zero-order valence-corrected chi connectivity index (χ0v) is 12.4. The molecule has 1 amide bonds. The maximum absolute atomic E-state index is 12.0. The van der Waals surface area contributed by atoms with Crippen molar-refractivity contribution in [3.63, 3.8) is 0 Å². The molecule has 1 aromatic rings. The Hall–Kier alpha value is -1.46. The van der Waals surface area contributed by atoms with E-state index in [0.717, 1.165) is 19.4 Å². The Morgan fingerprint density at radius 1 is 1.40 bits per heavy atom. The molecule has 1 aromatic carbocycles. The fourth-order valence-electron chi connectivity index (χ4n) is 2.31. The number of anilines is 1. The molecular weight excluding hydrogens is 280 g/mol. The molecular formula is C14H19ClN2O3. The third-order valence-corrected chi connectivity index (χ3v) is 3.64. The van der Waals surface area contributed by atoms with E-state index < -0.39 is 0 Å². The SMILES string of the molecule is COc1cc(NC(=O)CC2CCCN2)c(OC)cc1Cl.